The van der Waals surface area contributed by atoms with Gasteiger partial charge in [0.2, 0.25) is 9.84 Å². The number of benzene rings is 3. The van der Waals surface area contributed by atoms with Crippen LogP contribution < -0.4 is 10.5 Å². The molecule has 5 nitrogen and oxygen atoms in total. The van der Waals surface area contributed by atoms with Gasteiger partial charge in [-0.05, 0) is 61.0 Å². The van der Waals surface area contributed by atoms with Crippen LogP contribution in [0.4, 0.5) is 10.1 Å². The number of aromatic hydroxyl groups is 1. The summed E-state index contributed by atoms with van der Waals surface area (Å²) in [7, 11) is -4.08. The number of halogens is 2. The van der Waals surface area contributed by atoms with Crippen molar-refractivity contribution >= 4 is 27.1 Å². The minimum atomic E-state index is -4.08. The lowest BCUT2D eigenvalue weighted by molar-refractivity contribution is 0.448. The molecule has 0 atom stereocenters. The molecule has 27 heavy (non-hydrogen) atoms. The molecule has 3 aromatic rings. The van der Waals surface area contributed by atoms with Crippen molar-refractivity contribution in [1.29, 1.82) is 0 Å². The highest BCUT2D eigenvalue weighted by atomic mass is 35.5. The monoisotopic (exact) mass is 407 g/mol. The number of nitrogens with two attached hydrogens (primary N) is 1. The van der Waals surface area contributed by atoms with E-state index in [1.54, 1.807) is 13.0 Å². The maximum atomic E-state index is 13.1. The zero-order valence-electron chi connectivity index (χ0n) is 14.1. The average molecular weight is 408 g/mol. The summed E-state index contributed by atoms with van der Waals surface area (Å²) in [6, 6.07) is 11.3. The van der Waals surface area contributed by atoms with Crippen molar-refractivity contribution in [2.45, 2.75) is 16.7 Å². The van der Waals surface area contributed by atoms with Gasteiger partial charge < -0.3 is 15.6 Å². The van der Waals surface area contributed by atoms with Crippen LogP contribution in [0, 0.1) is 12.7 Å². The van der Waals surface area contributed by atoms with E-state index in [2.05, 4.69) is 0 Å². The minimum Gasteiger partial charge on any atom is -0.507 e. The van der Waals surface area contributed by atoms with Crippen LogP contribution in [0.15, 0.2) is 64.4 Å². The lowest BCUT2D eigenvalue weighted by atomic mass is 10.2. The first-order valence-corrected chi connectivity index (χ1v) is 9.62. The molecule has 0 unspecified atom stereocenters. The smallest absolute Gasteiger partial charge is 0.210 e. The summed E-state index contributed by atoms with van der Waals surface area (Å²) in [4.78, 5) is -0.520. The Morgan fingerprint density at radius 3 is 2.37 bits per heavy atom. The highest BCUT2D eigenvalue weighted by molar-refractivity contribution is 7.91. The standard InChI is InChI=1S/C19H15ClFNO4S/c1-11-8-13(22)9-16(20)19(11)26-14-4-7-17(23)18(10-14)27(24,25)15-5-2-12(21)3-6-15/h2-10,23H,22H2,1H3. The summed E-state index contributed by atoms with van der Waals surface area (Å²) < 4.78 is 44.3. The van der Waals surface area contributed by atoms with Crippen molar-refractivity contribution < 1.29 is 22.7 Å². The third-order valence-corrected chi connectivity index (χ3v) is 5.90. The number of phenols is 1. The molecule has 0 heterocycles. The summed E-state index contributed by atoms with van der Waals surface area (Å²) in [5, 5.41) is 10.3. The van der Waals surface area contributed by atoms with Gasteiger partial charge in [-0.25, -0.2) is 12.8 Å². The molecule has 0 aliphatic heterocycles. The van der Waals surface area contributed by atoms with E-state index in [0.717, 1.165) is 24.3 Å². The normalized spacial score (nSPS) is 11.4. The van der Waals surface area contributed by atoms with Crippen LogP contribution in [0.2, 0.25) is 5.02 Å². The fraction of sp³-hybridized carbons (Fsp3) is 0.0526. The SMILES string of the molecule is Cc1cc(N)cc(Cl)c1Oc1ccc(O)c(S(=O)(=O)c2ccc(F)cc2)c1. The second-order valence-corrected chi connectivity index (χ2v) is 8.16. The van der Waals surface area contributed by atoms with Gasteiger partial charge in [-0.1, -0.05) is 11.6 Å². The Bertz CT molecular complexity index is 1090. The van der Waals surface area contributed by atoms with E-state index in [1.807, 2.05) is 0 Å². The van der Waals surface area contributed by atoms with Crippen LogP contribution in [0.3, 0.4) is 0 Å². The second-order valence-electron chi connectivity index (χ2n) is 5.84. The zero-order valence-corrected chi connectivity index (χ0v) is 15.7. The number of phenolic OH excluding ortho intramolecular Hbond substituents is 1. The van der Waals surface area contributed by atoms with Gasteiger partial charge in [-0.2, -0.15) is 0 Å². The number of hydrogen-bond donors (Lipinski definition) is 2. The van der Waals surface area contributed by atoms with Gasteiger partial charge >= 0.3 is 0 Å². The Morgan fingerprint density at radius 1 is 1.07 bits per heavy atom. The number of hydrogen-bond acceptors (Lipinski definition) is 5. The third-order valence-electron chi connectivity index (χ3n) is 3.82. The molecular formula is C19H15ClFNO4S. The van der Waals surface area contributed by atoms with E-state index < -0.39 is 21.4 Å². The number of rotatable bonds is 4. The fourth-order valence-electron chi connectivity index (χ4n) is 2.52. The summed E-state index contributed by atoms with van der Waals surface area (Å²) in [5.74, 6) is -0.541. The van der Waals surface area contributed by atoms with Crippen LogP contribution in [0.1, 0.15) is 5.56 Å². The largest absolute Gasteiger partial charge is 0.507 e. The van der Waals surface area contributed by atoms with Gasteiger partial charge in [0.15, 0.2) is 0 Å². The summed E-state index contributed by atoms with van der Waals surface area (Å²) >= 11 is 6.15. The first kappa shape index (κ1) is 19.0. The Morgan fingerprint density at radius 2 is 1.74 bits per heavy atom. The maximum Gasteiger partial charge on any atom is 0.210 e. The van der Waals surface area contributed by atoms with Crippen LogP contribution in [0.5, 0.6) is 17.2 Å². The van der Waals surface area contributed by atoms with Crippen LogP contribution in [0.25, 0.3) is 0 Å². The van der Waals surface area contributed by atoms with Crippen molar-refractivity contribution in [2.75, 3.05) is 5.73 Å². The number of anilines is 1. The second kappa shape index (κ2) is 7.09. The molecule has 8 heteroatoms. The van der Waals surface area contributed by atoms with Gasteiger partial charge in [-0.15, -0.1) is 0 Å². The van der Waals surface area contributed by atoms with Crippen molar-refractivity contribution in [3.8, 4) is 17.2 Å². The molecule has 0 saturated heterocycles. The topological polar surface area (TPSA) is 89.6 Å². The van der Waals surface area contributed by atoms with E-state index in [1.165, 1.54) is 24.3 Å². The third kappa shape index (κ3) is 3.84. The van der Waals surface area contributed by atoms with Gasteiger partial charge in [0.25, 0.3) is 0 Å². The lowest BCUT2D eigenvalue weighted by Gasteiger charge is -2.13. The molecule has 0 radical (unpaired) electrons. The molecule has 0 saturated carbocycles. The zero-order chi connectivity index (χ0) is 19.8. The summed E-state index contributed by atoms with van der Waals surface area (Å²) in [5.41, 5.74) is 6.85. The molecule has 3 rings (SSSR count). The maximum absolute atomic E-state index is 13.1. The first-order chi connectivity index (χ1) is 12.7. The molecule has 0 amide bonds. The van der Waals surface area contributed by atoms with Crippen LogP contribution >= 0.6 is 11.6 Å². The van der Waals surface area contributed by atoms with Gasteiger partial charge in [0, 0.05) is 11.8 Å². The minimum absolute atomic E-state index is 0.155. The Kier molecular flexibility index (Phi) is 4.99. The fourth-order valence-corrected chi connectivity index (χ4v) is 4.20. The molecule has 3 aromatic carbocycles. The molecular weight excluding hydrogens is 393 g/mol. The van der Waals surface area contributed by atoms with E-state index in [9.17, 15) is 17.9 Å². The molecule has 0 spiro atoms. The summed E-state index contributed by atoms with van der Waals surface area (Å²) in [6.07, 6.45) is 0. The van der Waals surface area contributed by atoms with E-state index in [0.29, 0.717) is 17.0 Å². The predicted octanol–water partition coefficient (Wildman–Crippen LogP) is 4.70. The first-order valence-electron chi connectivity index (χ1n) is 7.75. The average Bonchev–Trinajstić information content (AvgIpc) is 2.59. The molecule has 0 fully saturated rings. The Hall–Kier alpha value is -2.77. The van der Waals surface area contributed by atoms with Gasteiger partial charge in [0.1, 0.15) is 28.0 Å². The number of sulfone groups is 1. The van der Waals surface area contributed by atoms with Crippen molar-refractivity contribution in [1.82, 2.24) is 0 Å². The molecule has 0 bridgehead atoms. The molecule has 3 N–H and O–H groups in total. The van der Waals surface area contributed by atoms with Crippen LogP contribution in [-0.2, 0) is 9.84 Å². The highest BCUT2D eigenvalue weighted by Crippen LogP contribution is 2.37. The van der Waals surface area contributed by atoms with Crippen molar-refractivity contribution in [3.05, 3.63) is 71.0 Å². The number of aryl methyl sites for hydroxylation is 1. The van der Waals surface area contributed by atoms with E-state index in [-0.39, 0.29) is 20.6 Å². The molecule has 0 aliphatic carbocycles. The molecule has 0 aromatic heterocycles. The molecule has 0 aliphatic rings. The molecule has 140 valence electrons. The highest BCUT2D eigenvalue weighted by Gasteiger charge is 2.23. The quantitative estimate of drug-likeness (QED) is 0.483. The van der Waals surface area contributed by atoms with Crippen molar-refractivity contribution in [2.24, 2.45) is 0 Å². The van der Waals surface area contributed by atoms with Gasteiger partial charge in [-0.3, -0.25) is 0 Å². The Labute approximate surface area is 160 Å². The predicted molar refractivity (Wildman–Crippen MR) is 101 cm³/mol. The van der Waals surface area contributed by atoms with E-state index in [4.69, 9.17) is 22.1 Å². The number of ether oxygens (including phenoxy) is 1. The van der Waals surface area contributed by atoms with Crippen LogP contribution in [-0.4, -0.2) is 13.5 Å². The summed E-state index contributed by atoms with van der Waals surface area (Å²) in [6.45, 7) is 1.74. The van der Waals surface area contributed by atoms with E-state index >= 15 is 0 Å². The van der Waals surface area contributed by atoms with Crippen molar-refractivity contribution in [3.63, 3.8) is 0 Å². The van der Waals surface area contributed by atoms with Gasteiger partial charge in [0.05, 0.1) is 9.92 Å². The lowest BCUT2D eigenvalue weighted by Crippen LogP contribution is -2.03. The number of nitrogen functional groups attached to an aromatic ring is 1. The Balaban J connectivity index is 2.04.